The number of fused-ring (bicyclic) bond motifs is 1. The number of aliphatic hydroxyl groups excluding tert-OH is 1. The summed E-state index contributed by atoms with van der Waals surface area (Å²) in [6.07, 6.45) is 1.58. The summed E-state index contributed by atoms with van der Waals surface area (Å²) in [4.78, 5) is 17.1. The molecule has 0 atom stereocenters. The fraction of sp³-hybridized carbons (Fsp3) is 0.0769. The van der Waals surface area contributed by atoms with E-state index in [-0.39, 0.29) is 11.5 Å². The van der Waals surface area contributed by atoms with Crippen LogP contribution in [0.4, 0.5) is 5.82 Å². The molecule has 3 heterocycles. The number of pyridine rings is 1. The number of likely N-dealkylation sites (N-methyl/N-ethyl adjacent to an activating group) is 1. The number of halogens is 1. The number of nitrogens with zero attached hydrogens (tertiary/aromatic N) is 2. The van der Waals surface area contributed by atoms with Gasteiger partial charge in [-0.1, -0.05) is 17.7 Å². The fourth-order valence-electron chi connectivity index (χ4n) is 1.89. The second-order valence-corrected chi connectivity index (χ2v) is 6.83. The zero-order valence-electron chi connectivity index (χ0n) is 10.8. The Morgan fingerprint density at radius 1 is 1.48 bits per heavy atom. The van der Waals surface area contributed by atoms with Crippen LogP contribution in [0.5, 0.6) is 0 Å². The maximum absolute atomic E-state index is 12.4. The molecule has 0 fully saturated rings. The number of aliphatic hydroxyl groups is 1. The number of hydrogen-bond acceptors (Lipinski definition) is 6. The van der Waals surface area contributed by atoms with E-state index in [0.29, 0.717) is 15.7 Å². The Morgan fingerprint density at radius 2 is 2.29 bits per heavy atom. The average Bonchev–Trinajstić information content (AvgIpc) is 2.82. The first-order valence-electron chi connectivity index (χ1n) is 5.92. The molecule has 1 aliphatic heterocycles. The predicted molar refractivity (Wildman–Crippen MR) is 85.4 cm³/mol. The highest BCUT2D eigenvalue weighted by atomic mass is 35.5. The van der Waals surface area contributed by atoms with Gasteiger partial charge in [0.25, 0.3) is 5.91 Å². The highest BCUT2D eigenvalue weighted by Gasteiger charge is 2.31. The van der Waals surface area contributed by atoms with Crippen molar-refractivity contribution in [1.82, 2.24) is 9.29 Å². The molecule has 21 heavy (non-hydrogen) atoms. The third kappa shape index (κ3) is 2.59. The van der Waals surface area contributed by atoms with Crippen molar-refractivity contribution in [3.63, 3.8) is 0 Å². The molecular formula is C13H10ClN3O2S2. The minimum absolute atomic E-state index is 0.0807. The van der Waals surface area contributed by atoms with E-state index in [2.05, 4.69) is 10.3 Å². The SMILES string of the molecule is CN1Sc2c(csc2Cl)C(O)=C1C(=O)Nc1ccccn1. The Bertz CT molecular complexity index is 730. The number of hydrogen-bond donors (Lipinski definition) is 2. The van der Waals surface area contributed by atoms with E-state index in [9.17, 15) is 9.90 Å². The van der Waals surface area contributed by atoms with Crippen molar-refractivity contribution in [2.45, 2.75) is 4.90 Å². The zero-order chi connectivity index (χ0) is 15.0. The third-order valence-corrected chi connectivity index (χ3v) is 5.37. The summed E-state index contributed by atoms with van der Waals surface area (Å²) in [6.45, 7) is 0. The first-order valence-corrected chi connectivity index (χ1v) is 7.95. The van der Waals surface area contributed by atoms with Gasteiger partial charge in [-0.25, -0.2) is 4.98 Å². The maximum atomic E-state index is 12.4. The van der Waals surface area contributed by atoms with Crippen molar-refractivity contribution in [1.29, 1.82) is 0 Å². The lowest BCUT2D eigenvalue weighted by atomic mass is 10.2. The van der Waals surface area contributed by atoms with Crippen LogP contribution >= 0.6 is 34.9 Å². The van der Waals surface area contributed by atoms with Gasteiger partial charge in [-0.3, -0.25) is 4.79 Å². The normalized spacial score (nSPS) is 14.1. The van der Waals surface area contributed by atoms with E-state index in [4.69, 9.17) is 11.6 Å². The smallest absolute Gasteiger partial charge is 0.277 e. The van der Waals surface area contributed by atoms with E-state index in [1.165, 1.54) is 23.3 Å². The zero-order valence-corrected chi connectivity index (χ0v) is 13.2. The van der Waals surface area contributed by atoms with Crippen molar-refractivity contribution in [2.75, 3.05) is 12.4 Å². The lowest BCUT2D eigenvalue weighted by Crippen LogP contribution is -2.27. The van der Waals surface area contributed by atoms with Crippen molar-refractivity contribution in [2.24, 2.45) is 0 Å². The lowest BCUT2D eigenvalue weighted by Gasteiger charge is -2.26. The summed E-state index contributed by atoms with van der Waals surface area (Å²) in [5, 5.41) is 14.7. The van der Waals surface area contributed by atoms with E-state index >= 15 is 0 Å². The predicted octanol–water partition coefficient (Wildman–Crippen LogP) is 3.61. The number of amides is 1. The number of carbonyl (C=O) groups excluding carboxylic acids is 1. The van der Waals surface area contributed by atoms with Crippen LogP contribution in [-0.4, -0.2) is 27.4 Å². The third-order valence-electron chi connectivity index (χ3n) is 2.85. The largest absolute Gasteiger partial charge is 0.505 e. The van der Waals surface area contributed by atoms with E-state index in [0.717, 1.165) is 4.90 Å². The molecule has 0 spiro atoms. The van der Waals surface area contributed by atoms with E-state index in [1.54, 1.807) is 41.1 Å². The number of carbonyl (C=O) groups is 1. The van der Waals surface area contributed by atoms with Gasteiger partial charge in [0.05, 0.1) is 4.90 Å². The van der Waals surface area contributed by atoms with Crippen LogP contribution < -0.4 is 5.32 Å². The van der Waals surface area contributed by atoms with Crippen LogP contribution in [0.2, 0.25) is 4.34 Å². The number of thiophene rings is 1. The van der Waals surface area contributed by atoms with E-state index in [1.807, 2.05) is 0 Å². The van der Waals surface area contributed by atoms with Crippen LogP contribution in [0.25, 0.3) is 5.76 Å². The Balaban J connectivity index is 1.95. The quantitative estimate of drug-likeness (QED) is 0.818. The van der Waals surface area contributed by atoms with Gasteiger partial charge >= 0.3 is 0 Å². The molecule has 0 bridgehead atoms. The summed E-state index contributed by atoms with van der Waals surface area (Å²) in [5.41, 5.74) is 0.756. The summed E-state index contributed by atoms with van der Waals surface area (Å²) >= 11 is 8.70. The van der Waals surface area contributed by atoms with Crippen LogP contribution in [0.15, 0.2) is 40.4 Å². The van der Waals surface area contributed by atoms with Crippen LogP contribution in [0.1, 0.15) is 5.56 Å². The van der Waals surface area contributed by atoms with Gasteiger partial charge in [0.2, 0.25) is 0 Å². The van der Waals surface area contributed by atoms with Crippen molar-refractivity contribution >= 4 is 52.4 Å². The molecule has 0 saturated carbocycles. The molecule has 8 heteroatoms. The molecule has 1 amide bonds. The van der Waals surface area contributed by atoms with Gasteiger partial charge in [-0.15, -0.1) is 11.3 Å². The topological polar surface area (TPSA) is 65.5 Å². The van der Waals surface area contributed by atoms with Gasteiger partial charge in [-0.05, 0) is 24.1 Å². The summed E-state index contributed by atoms with van der Waals surface area (Å²) in [6, 6.07) is 5.21. The van der Waals surface area contributed by atoms with Crippen LogP contribution in [0, 0.1) is 0 Å². The van der Waals surface area contributed by atoms with Crippen molar-refractivity contribution in [3.8, 4) is 0 Å². The standard InChI is InChI=1S/C13H10ClN3O2S2/c1-17-9(13(19)16-8-4-2-3-5-15-8)10(18)7-6-20-12(14)11(7)21-17/h2-6,18H,1H3,(H,15,16,19). The Kier molecular flexibility index (Phi) is 3.79. The van der Waals surface area contributed by atoms with Gasteiger partial charge < -0.3 is 14.7 Å². The second-order valence-electron chi connectivity index (χ2n) is 4.21. The molecule has 1 aliphatic rings. The number of aromatic nitrogens is 1. The lowest BCUT2D eigenvalue weighted by molar-refractivity contribution is -0.113. The molecule has 108 valence electrons. The maximum Gasteiger partial charge on any atom is 0.277 e. The first kappa shape index (κ1) is 14.2. The molecular weight excluding hydrogens is 330 g/mol. The number of nitrogens with one attached hydrogen (secondary N) is 1. The van der Waals surface area contributed by atoms with Gasteiger partial charge in [-0.2, -0.15) is 0 Å². The highest BCUT2D eigenvalue weighted by Crippen LogP contribution is 2.45. The molecule has 3 rings (SSSR count). The van der Waals surface area contributed by atoms with Crippen LogP contribution in [0.3, 0.4) is 0 Å². The summed E-state index contributed by atoms with van der Waals surface area (Å²) in [7, 11) is 1.70. The molecule has 2 N–H and O–H groups in total. The summed E-state index contributed by atoms with van der Waals surface area (Å²) in [5.74, 6) is -0.0765. The molecule has 0 aliphatic carbocycles. The average molecular weight is 340 g/mol. The second kappa shape index (κ2) is 5.59. The van der Waals surface area contributed by atoms with Gasteiger partial charge in [0.1, 0.15) is 10.2 Å². The molecule has 2 aromatic heterocycles. The van der Waals surface area contributed by atoms with E-state index < -0.39 is 5.91 Å². The van der Waals surface area contributed by atoms with Gasteiger partial charge in [0.15, 0.2) is 11.5 Å². The first-order chi connectivity index (χ1) is 10.1. The Hall–Kier alpha value is -1.70. The molecule has 0 unspecified atom stereocenters. The van der Waals surface area contributed by atoms with Crippen molar-refractivity contribution < 1.29 is 9.90 Å². The van der Waals surface area contributed by atoms with Crippen molar-refractivity contribution in [3.05, 3.63) is 45.4 Å². The van der Waals surface area contributed by atoms with Gasteiger partial charge in [0, 0.05) is 24.2 Å². The fourth-order valence-corrected chi connectivity index (χ4v) is 4.09. The molecule has 2 aromatic rings. The number of anilines is 1. The summed E-state index contributed by atoms with van der Waals surface area (Å²) < 4.78 is 2.19. The Morgan fingerprint density at radius 3 is 3.00 bits per heavy atom. The molecule has 0 saturated heterocycles. The Labute approximate surface area is 134 Å². The molecule has 0 radical (unpaired) electrons. The highest BCUT2D eigenvalue weighted by molar-refractivity contribution is 7.97. The molecule has 0 aromatic carbocycles. The minimum Gasteiger partial charge on any atom is -0.505 e. The number of rotatable bonds is 2. The monoisotopic (exact) mass is 339 g/mol. The molecule has 5 nitrogen and oxygen atoms in total. The minimum atomic E-state index is -0.422. The van der Waals surface area contributed by atoms with Crippen LogP contribution in [-0.2, 0) is 4.79 Å².